The van der Waals surface area contributed by atoms with E-state index < -0.39 is 0 Å². The molecule has 1 aromatic carbocycles. The van der Waals surface area contributed by atoms with Gasteiger partial charge in [-0.05, 0) is 18.6 Å². The average Bonchev–Trinajstić information content (AvgIpc) is 2.59. The molecule has 0 bridgehead atoms. The fourth-order valence-electron chi connectivity index (χ4n) is 2.49. The van der Waals surface area contributed by atoms with Gasteiger partial charge in [0.15, 0.2) is 0 Å². The van der Waals surface area contributed by atoms with E-state index in [0.717, 1.165) is 23.6 Å². The SMILES string of the molecule is CCCCCCCCCNc1ccc(-c2ccccc2)nn1. The Balaban J connectivity index is 1.65. The number of hydrogen-bond acceptors (Lipinski definition) is 3. The van der Waals surface area contributed by atoms with Gasteiger partial charge in [-0.15, -0.1) is 10.2 Å². The summed E-state index contributed by atoms with van der Waals surface area (Å²) in [6, 6.07) is 14.2. The number of hydrogen-bond donors (Lipinski definition) is 1. The van der Waals surface area contributed by atoms with E-state index in [-0.39, 0.29) is 0 Å². The number of unbranched alkanes of at least 4 members (excludes halogenated alkanes) is 6. The van der Waals surface area contributed by atoms with Gasteiger partial charge in [-0.1, -0.05) is 75.8 Å². The van der Waals surface area contributed by atoms with E-state index in [1.165, 1.54) is 44.9 Å². The standard InChI is InChI=1S/C19H27N3/c1-2-3-4-5-6-7-11-16-20-19-15-14-18(21-22-19)17-12-9-8-10-13-17/h8-10,12-15H,2-7,11,16H2,1H3,(H,20,22). The van der Waals surface area contributed by atoms with Crippen molar-refractivity contribution in [1.82, 2.24) is 10.2 Å². The first-order valence-electron chi connectivity index (χ1n) is 8.53. The van der Waals surface area contributed by atoms with Crippen LogP contribution in [-0.4, -0.2) is 16.7 Å². The highest BCUT2D eigenvalue weighted by molar-refractivity contribution is 5.59. The van der Waals surface area contributed by atoms with Crippen LogP contribution in [0.4, 0.5) is 5.82 Å². The third kappa shape index (κ3) is 5.84. The zero-order valence-corrected chi connectivity index (χ0v) is 13.6. The highest BCUT2D eigenvalue weighted by Gasteiger charge is 2.00. The lowest BCUT2D eigenvalue weighted by Gasteiger charge is -2.06. The Bertz CT molecular complexity index is 508. The quantitative estimate of drug-likeness (QED) is 0.604. The lowest BCUT2D eigenvalue weighted by molar-refractivity contribution is 0.596. The first kappa shape index (κ1) is 16.5. The predicted octanol–water partition coefficient (Wildman–Crippen LogP) is 5.31. The monoisotopic (exact) mass is 297 g/mol. The Morgan fingerprint density at radius 2 is 1.50 bits per heavy atom. The maximum Gasteiger partial charge on any atom is 0.148 e. The summed E-state index contributed by atoms with van der Waals surface area (Å²) < 4.78 is 0. The largest absolute Gasteiger partial charge is 0.369 e. The van der Waals surface area contributed by atoms with Crippen molar-refractivity contribution in [1.29, 1.82) is 0 Å². The fraction of sp³-hybridized carbons (Fsp3) is 0.474. The molecule has 22 heavy (non-hydrogen) atoms. The van der Waals surface area contributed by atoms with Crippen LogP contribution in [0.3, 0.4) is 0 Å². The molecule has 0 spiro atoms. The molecule has 1 heterocycles. The van der Waals surface area contributed by atoms with Gasteiger partial charge in [-0.3, -0.25) is 0 Å². The van der Waals surface area contributed by atoms with Crippen molar-refractivity contribution in [3.63, 3.8) is 0 Å². The van der Waals surface area contributed by atoms with Crippen molar-refractivity contribution in [3.05, 3.63) is 42.5 Å². The second kappa shape index (κ2) is 9.93. The van der Waals surface area contributed by atoms with Crippen LogP contribution in [0.2, 0.25) is 0 Å². The molecule has 0 saturated heterocycles. The highest BCUT2D eigenvalue weighted by atomic mass is 15.2. The first-order chi connectivity index (χ1) is 10.9. The van der Waals surface area contributed by atoms with Crippen LogP contribution in [0.15, 0.2) is 42.5 Å². The van der Waals surface area contributed by atoms with Crippen LogP contribution in [-0.2, 0) is 0 Å². The van der Waals surface area contributed by atoms with E-state index in [2.05, 4.69) is 34.6 Å². The molecule has 0 aliphatic rings. The summed E-state index contributed by atoms with van der Waals surface area (Å²) in [6.07, 6.45) is 9.30. The molecule has 0 aliphatic carbocycles. The molecule has 0 unspecified atom stereocenters. The molecule has 2 aromatic rings. The summed E-state index contributed by atoms with van der Waals surface area (Å²) in [6.45, 7) is 3.24. The minimum atomic E-state index is 0.866. The number of nitrogens with one attached hydrogen (secondary N) is 1. The molecule has 3 heteroatoms. The van der Waals surface area contributed by atoms with Crippen molar-refractivity contribution < 1.29 is 0 Å². The Morgan fingerprint density at radius 1 is 0.773 bits per heavy atom. The average molecular weight is 297 g/mol. The van der Waals surface area contributed by atoms with Crippen LogP contribution < -0.4 is 5.32 Å². The predicted molar refractivity (Wildman–Crippen MR) is 94.0 cm³/mol. The van der Waals surface area contributed by atoms with Gasteiger partial charge in [0.25, 0.3) is 0 Å². The maximum absolute atomic E-state index is 4.29. The van der Waals surface area contributed by atoms with Crippen LogP contribution in [0.1, 0.15) is 51.9 Å². The number of nitrogens with zero attached hydrogens (tertiary/aromatic N) is 2. The second-order valence-corrected chi connectivity index (χ2v) is 5.72. The molecule has 3 nitrogen and oxygen atoms in total. The van der Waals surface area contributed by atoms with Crippen LogP contribution in [0.5, 0.6) is 0 Å². The number of aromatic nitrogens is 2. The summed E-state index contributed by atoms with van der Waals surface area (Å²) in [5.74, 6) is 0.866. The van der Waals surface area contributed by atoms with Gasteiger partial charge in [-0.25, -0.2) is 0 Å². The molecular weight excluding hydrogens is 270 g/mol. The van der Waals surface area contributed by atoms with E-state index >= 15 is 0 Å². The Hall–Kier alpha value is -1.90. The van der Waals surface area contributed by atoms with Crippen LogP contribution in [0.25, 0.3) is 11.3 Å². The van der Waals surface area contributed by atoms with Gasteiger partial charge >= 0.3 is 0 Å². The molecule has 0 fully saturated rings. The minimum absolute atomic E-state index is 0.866. The molecule has 0 atom stereocenters. The molecule has 118 valence electrons. The topological polar surface area (TPSA) is 37.8 Å². The van der Waals surface area contributed by atoms with Gasteiger partial charge in [-0.2, -0.15) is 0 Å². The lowest BCUT2D eigenvalue weighted by Crippen LogP contribution is -2.04. The van der Waals surface area contributed by atoms with E-state index in [9.17, 15) is 0 Å². The van der Waals surface area contributed by atoms with Crippen molar-refractivity contribution in [3.8, 4) is 11.3 Å². The van der Waals surface area contributed by atoms with Crippen LogP contribution in [0, 0.1) is 0 Å². The Kier molecular flexibility index (Phi) is 7.44. The number of benzene rings is 1. The molecule has 2 rings (SSSR count). The molecule has 0 aliphatic heterocycles. The third-order valence-electron chi connectivity index (χ3n) is 3.82. The third-order valence-corrected chi connectivity index (χ3v) is 3.82. The Morgan fingerprint density at radius 3 is 2.18 bits per heavy atom. The molecule has 0 radical (unpaired) electrons. The fourth-order valence-corrected chi connectivity index (χ4v) is 2.49. The molecule has 0 amide bonds. The zero-order chi connectivity index (χ0) is 15.5. The highest BCUT2D eigenvalue weighted by Crippen LogP contribution is 2.16. The van der Waals surface area contributed by atoms with E-state index in [0.29, 0.717) is 0 Å². The lowest BCUT2D eigenvalue weighted by atomic mass is 10.1. The summed E-state index contributed by atoms with van der Waals surface area (Å²) in [5, 5.41) is 11.9. The number of anilines is 1. The minimum Gasteiger partial charge on any atom is -0.369 e. The van der Waals surface area contributed by atoms with Crippen LogP contribution >= 0.6 is 0 Å². The summed E-state index contributed by atoms with van der Waals surface area (Å²) in [4.78, 5) is 0. The van der Waals surface area contributed by atoms with E-state index in [4.69, 9.17) is 0 Å². The Labute approximate surface area is 134 Å². The van der Waals surface area contributed by atoms with Gasteiger partial charge in [0, 0.05) is 12.1 Å². The van der Waals surface area contributed by atoms with Crippen molar-refractivity contribution in [2.45, 2.75) is 51.9 Å². The van der Waals surface area contributed by atoms with Gasteiger partial charge in [0.05, 0.1) is 5.69 Å². The van der Waals surface area contributed by atoms with Crippen molar-refractivity contribution in [2.24, 2.45) is 0 Å². The smallest absolute Gasteiger partial charge is 0.148 e. The first-order valence-corrected chi connectivity index (χ1v) is 8.53. The summed E-state index contributed by atoms with van der Waals surface area (Å²) in [7, 11) is 0. The molecule has 1 aromatic heterocycles. The van der Waals surface area contributed by atoms with Crippen molar-refractivity contribution >= 4 is 5.82 Å². The van der Waals surface area contributed by atoms with Gasteiger partial charge in [0.1, 0.15) is 5.82 Å². The summed E-state index contributed by atoms with van der Waals surface area (Å²) >= 11 is 0. The molecular formula is C19H27N3. The zero-order valence-electron chi connectivity index (χ0n) is 13.6. The molecule has 1 N–H and O–H groups in total. The van der Waals surface area contributed by atoms with Gasteiger partial charge in [0.2, 0.25) is 0 Å². The van der Waals surface area contributed by atoms with Crippen molar-refractivity contribution in [2.75, 3.05) is 11.9 Å². The van der Waals surface area contributed by atoms with E-state index in [1.807, 2.05) is 30.3 Å². The van der Waals surface area contributed by atoms with Gasteiger partial charge < -0.3 is 5.32 Å². The second-order valence-electron chi connectivity index (χ2n) is 5.72. The maximum atomic E-state index is 4.29. The molecule has 0 saturated carbocycles. The summed E-state index contributed by atoms with van der Waals surface area (Å²) in [5.41, 5.74) is 2.02. The normalized spacial score (nSPS) is 10.6. The number of rotatable bonds is 10. The van der Waals surface area contributed by atoms with E-state index in [1.54, 1.807) is 0 Å².